The van der Waals surface area contributed by atoms with Gasteiger partial charge in [0.2, 0.25) is 5.91 Å². The molecule has 1 atom stereocenters. The largest absolute Gasteiger partial charge is 0.396 e. The molecule has 1 aliphatic heterocycles. The molecular weight excluding hydrogens is 352 g/mol. The van der Waals surface area contributed by atoms with Crippen molar-refractivity contribution in [1.82, 2.24) is 9.80 Å². The molecule has 3 aliphatic rings. The summed E-state index contributed by atoms with van der Waals surface area (Å²) in [7, 11) is 0. The van der Waals surface area contributed by atoms with E-state index >= 15 is 0 Å². The molecule has 0 radical (unpaired) electrons. The van der Waals surface area contributed by atoms with Crippen molar-refractivity contribution in [1.29, 1.82) is 0 Å². The van der Waals surface area contributed by atoms with Gasteiger partial charge in [-0.05, 0) is 45.1 Å². The van der Waals surface area contributed by atoms with Gasteiger partial charge in [-0.1, -0.05) is 23.3 Å². The molecule has 1 amide bonds. The molecule has 2 aliphatic carbocycles. The van der Waals surface area contributed by atoms with Crippen LogP contribution >= 0.6 is 0 Å². The Labute approximate surface area is 167 Å². The summed E-state index contributed by atoms with van der Waals surface area (Å²) in [5.74, 6) is -0.0602. The van der Waals surface area contributed by atoms with Gasteiger partial charge < -0.3 is 10.6 Å². The van der Waals surface area contributed by atoms with E-state index in [9.17, 15) is 9.59 Å². The van der Waals surface area contributed by atoms with Crippen LogP contribution in [0.3, 0.4) is 0 Å². The first kappa shape index (κ1) is 20.5. The van der Waals surface area contributed by atoms with Crippen LogP contribution in [-0.4, -0.2) is 66.0 Å². The minimum absolute atomic E-state index is 0.0610. The summed E-state index contributed by atoms with van der Waals surface area (Å²) in [6.45, 7) is 9.23. The maximum atomic E-state index is 12.6. The smallest absolute Gasteiger partial charge is 0.244 e. The minimum atomic E-state index is -0.121. The van der Waals surface area contributed by atoms with E-state index in [1.165, 1.54) is 18.1 Å². The quantitative estimate of drug-likeness (QED) is 0.754. The van der Waals surface area contributed by atoms with Crippen LogP contribution in [0.15, 0.2) is 39.6 Å². The fourth-order valence-corrected chi connectivity index (χ4v) is 4.17. The number of Topliss-reactive ketones (excluding diaryl/α,β-unsaturated/α-hetero) is 1. The fraction of sp³-hybridized carbons (Fsp3) is 0.591. The molecule has 1 saturated carbocycles. The van der Waals surface area contributed by atoms with Crippen molar-refractivity contribution in [2.45, 2.75) is 52.5 Å². The van der Waals surface area contributed by atoms with Gasteiger partial charge in [0.15, 0.2) is 5.78 Å². The van der Waals surface area contributed by atoms with Gasteiger partial charge in [0.25, 0.3) is 0 Å². The summed E-state index contributed by atoms with van der Waals surface area (Å²) >= 11 is 0. The first-order valence-electron chi connectivity index (χ1n) is 10.3. The van der Waals surface area contributed by atoms with E-state index in [0.717, 1.165) is 63.1 Å². The second-order valence-electron chi connectivity index (χ2n) is 8.02. The lowest BCUT2D eigenvalue weighted by Crippen LogP contribution is -2.52. The zero-order valence-electron chi connectivity index (χ0n) is 17.3. The van der Waals surface area contributed by atoms with E-state index < -0.39 is 0 Å². The van der Waals surface area contributed by atoms with Gasteiger partial charge >= 0.3 is 0 Å². The van der Waals surface area contributed by atoms with E-state index in [1.807, 2.05) is 4.90 Å². The van der Waals surface area contributed by atoms with E-state index in [0.29, 0.717) is 11.7 Å². The number of amides is 1. The number of carbonyl (C=O) groups is 2. The van der Waals surface area contributed by atoms with Crippen molar-refractivity contribution in [3.8, 4) is 0 Å². The first-order chi connectivity index (χ1) is 13.4. The van der Waals surface area contributed by atoms with E-state index in [1.54, 1.807) is 0 Å². The molecule has 28 heavy (non-hydrogen) atoms. The molecule has 0 bridgehead atoms. The van der Waals surface area contributed by atoms with Crippen LogP contribution in [0, 0.1) is 0 Å². The second-order valence-corrected chi connectivity index (χ2v) is 8.02. The third kappa shape index (κ3) is 4.61. The highest BCUT2D eigenvalue weighted by Gasteiger charge is 2.26. The number of allylic oxidation sites excluding steroid dienone is 4. The number of carbonyl (C=O) groups excluding carboxylic acids is 2. The predicted molar refractivity (Wildman–Crippen MR) is 112 cm³/mol. The molecule has 3 rings (SSSR count). The highest BCUT2D eigenvalue weighted by Crippen LogP contribution is 2.24. The summed E-state index contributed by atoms with van der Waals surface area (Å²) < 4.78 is 0. The van der Waals surface area contributed by atoms with Crippen LogP contribution in [0.2, 0.25) is 0 Å². The van der Waals surface area contributed by atoms with Crippen LogP contribution < -0.4 is 5.73 Å². The molecule has 6 heteroatoms. The SMILES string of the molecule is CC(=O)/C(N)=C1\CCCC1=NCC(=O)N1CCN(C2C=C(C)C(C)=CC2)CC1. The van der Waals surface area contributed by atoms with Crippen molar-refractivity contribution < 1.29 is 9.59 Å². The van der Waals surface area contributed by atoms with Gasteiger partial charge in [0.1, 0.15) is 6.54 Å². The number of hydrogen-bond acceptors (Lipinski definition) is 5. The third-order valence-corrected chi connectivity index (χ3v) is 6.16. The van der Waals surface area contributed by atoms with Crippen molar-refractivity contribution in [2.24, 2.45) is 10.7 Å². The molecule has 6 nitrogen and oxygen atoms in total. The lowest BCUT2D eigenvalue weighted by molar-refractivity contribution is -0.131. The summed E-state index contributed by atoms with van der Waals surface area (Å²) in [4.78, 5) is 33.0. The van der Waals surface area contributed by atoms with Gasteiger partial charge in [-0.25, -0.2) is 0 Å². The van der Waals surface area contributed by atoms with E-state index in [2.05, 4.69) is 35.9 Å². The Bertz CT molecular complexity index is 767. The maximum Gasteiger partial charge on any atom is 0.244 e. The number of rotatable bonds is 4. The van der Waals surface area contributed by atoms with Crippen molar-refractivity contribution in [3.05, 3.63) is 34.6 Å². The Morgan fingerprint density at radius 3 is 2.50 bits per heavy atom. The van der Waals surface area contributed by atoms with Crippen LogP contribution in [-0.2, 0) is 9.59 Å². The number of hydrogen-bond donors (Lipinski definition) is 1. The molecule has 0 spiro atoms. The number of nitrogens with zero attached hydrogens (tertiary/aromatic N) is 3. The molecule has 1 heterocycles. The van der Waals surface area contributed by atoms with E-state index in [4.69, 9.17) is 5.73 Å². The highest BCUT2D eigenvalue weighted by atomic mass is 16.2. The second kappa shape index (κ2) is 8.86. The summed E-state index contributed by atoms with van der Waals surface area (Å²) in [5.41, 5.74) is 10.6. The molecule has 1 unspecified atom stereocenters. The Morgan fingerprint density at radius 2 is 1.86 bits per heavy atom. The Hall–Kier alpha value is -2.21. The maximum absolute atomic E-state index is 12.6. The highest BCUT2D eigenvalue weighted by molar-refractivity contribution is 6.09. The number of piperazine rings is 1. The van der Waals surface area contributed by atoms with Crippen LogP contribution in [0.1, 0.15) is 46.5 Å². The van der Waals surface area contributed by atoms with Crippen LogP contribution in [0.5, 0.6) is 0 Å². The molecule has 0 aromatic carbocycles. The Balaban J connectivity index is 1.53. The lowest BCUT2D eigenvalue weighted by Gasteiger charge is -2.39. The summed E-state index contributed by atoms with van der Waals surface area (Å²) in [5, 5.41) is 0. The topological polar surface area (TPSA) is 79.0 Å². The molecule has 1 saturated heterocycles. The number of ketones is 1. The van der Waals surface area contributed by atoms with Crippen molar-refractivity contribution in [2.75, 3.05) is 32.7 Å². The minimum Gasteiger partial charge on any atom is -0.396 e. The molecule has 2 N–H and O–H groups in total. The van der Waals surface area contributed by atoms with Crippen LogP contribution in [0.4, 0.5) is 0 Å². The van der Waals surface area contributed by atoms with Crippen molar-refractivity contribution >= 4 is 17.4 Å². The fourth-order valence-electron chi connectivity index (χ4n) is 4.17. The zero-order chi connectivity index (χ0) is 20.3. The molecule has 152 valence electrons. The summed E-state index contributed by atoms with van der Waals surface area (Å²) in [6, 6.07) is 0.446. The molecule has 0 aromatic heterocycles. The number of nitrogens with two attached hydrogens (primary N) is 1. The number of aliphatic imine (C=N–C) groups is 1. The van der Waals surface area contributed by atoms with E-state index in [-0.39, 0.29) is 18.2 Å². The predicted octanol–water partition coefficient (Wildman–Crippen LogP) is 2.22. The standard InChI is InChI=1S/C22H32N4O2/c1-15-7-8-18(13-16(15)2)25-9-11-26(12-10-25)21(28)14-24-20-6-4-5-19(20)22(23)17(3)27/h7,13,18H,4-6,8-12,14,23H2,1-3H3/b22-19-,24-20?. The normalized spacial score (nSPS) is 26.9. The van der Waals surface area contributed by atoms with Gasteiger partial charge in [-0.2, -0.15) is 0 Å². The van der Waals surface area contributed by atoms with Gasteiger partial charge in [-0.15, -0.1) is 0 Å². The monoisotopic (exact) mass is 384 g/mol. The Kier molecular flexibility index (Phi) is 6.50. The van der Waals surface area contributed by atoms with Gasteiger partial charge in [-0.3, -0.25) is 19.5 Å². The third-order valence-electron chi connectivity index (χ3n) is 6.16. The Morgan fingerprint density at radius 1 is 1.14 bits per heavy atom. The molecule has 2 fully saturated rings. The molecule has 0 aromatic rings. The average molecular weight is 385 g/mol. The lowest BCUT2D eigenvalue weighted by atomic mass is 9.96. The van der Waals surface area contributed by atoms with Gasteiger partial charge in [0.05, 0.1) is 5.70 Å². The van der Waals surface area contributed by atoms with Gasteiger partial charge in [0, 0.05) is 44.9 Å². The van der Waals surface area contributed by atoms with Crippen molar-refractivity contribution in [3.63, 3.8) is 0 Å². The van der Waals surface area contributed by atoms with Crippen LogP contribution in [0.25, 0.3) is 0 Å². The zero-order valence-corrected chi connectivity index (χ0v) is 17.3. The molecular formula is C22H32N4O2. The first-order valence-corrected chi connectivity index (χ1v) is 10.3. The average Bonchev–Trinajstić information content (AvgIpc) is 3.16. The summed E-state index contributed by atoms with van der Waals surface area (Å²) in [6.07, 6.45) is 8.23.